The Morgan fingerprint density at radius 2 is 1.75 bits per heavy atom. The van der Waals surface area contributed by atoms with Crippen molar-refractivity contribution in [2.24, 2.45) is 10.9 Å². The molecule has 6 nitrogen and oxygen atoms in total. The molecule has 0 aromatic rings. The number of halogens is 1. The van der Waals surface area contributed by atoms with Crippen LogP contribution in [0, 0.1) is 5.92 Å². The van der Waals surface area contributed by atoms with Gasteiger partial charge in [-0.15, -0.1) is 24.0 Å². The highest BCUT2D eigenvalue weighted by Crippen LogP contribution is 2.08. The summed E-state index contributed by atoms with van der Waals surface area (Å²) in [6.45, 7) is 12.2. The largest absolute Gasteiger partial charge is 0.357 e. The third kappa shape index (κ3) is 15.4. The van der Waals surface area contributed by atoms with Crippen LogP contribution in [0.5, 0.6) is 0 Å². The molecular formula is C16H37IN4O2S. The van der Waals surface area contributed by atoms with Crippen LogP contribution in [0.4, 0.5) is 0 Å². The Balaban J connectivity index is 0. The van der Waals surface area contributed by atoms with Crippen LogP contribution in [0.3, 0.4) is 0 Å². The summed E-state index contributed by atoms with van der Waals surface area (Å²) in [4.78, 5) is 4.50. The normalized spacial score (nSPS) is 13.5. The van der Waals surface area contributed by atoms with E-state index in [2.05, 4.69) is 41.1 Å². The number of aliphatic imine (C=N–C) groups is 1. The first kappa shape index (κ1) is 26.1. The molecule has 0 fully saturated rings. The molecule has 8 heteroatoms. The lowest BCUT2D eigenvalue weighted by Crippen LogP contribution is -2.42. The molecule has 0 bridgehead atoms. The summed E-state index contributed by atoms with van der Waals surface area (Å²) < 4.78 is 25.2. The minimum absolute atomic E-state index is 0. The monoisotopic (exact) mass is 476 g/mol. The van der Waals surface area contributed by atoms with Crippen LogP contribution in [-0.2, 0) is 10.0 Å². The Hall–Kier alpha value is -0.0900. The van der Waals surface area contributed by atoms with Crippen molar-refractivity contribution in [3.05, 3.63) is 0 Å². The quantitative estimate of drug-likeness (QED) is 0.175. The van der Waals surface area contributed by atoms with Gasteiger partial charge in [0, 0.05) is 25.7 Å². The number of rotatable bonds is 12. The third-order valence-electron chi connectivity index (χ3n) is 3.45. The molecular weight excluding hydrogens is 439 g/mol. The molecule has 1 atom stereocenters. The molecule has 0 rings (SSSR count). The Morgan fingerprint density at radius 1 is 1.08 bits per heavy atom. The van der Waals surface area contributed by atoms with E-state index in [0.717, 1.165) is 24.8 Å². The van der Waals surface area contributed by atoms with Gasteiger partial charge in [0.15, 0.2) is 5.96 Å². The van der Waals surface area contributed by atoms with Gasteiger partial charge >= 0.3 is 0 Å². The highest BCUT2D eigenvalue weighted by Gasteiger charge is 2.06. The van der Waals surface area contributed by atoms with Gasteiger partial charge < -0.3 is 10.6 Å². The molecule has 0 saturated heterocycles. The SMILES string of the molecule is CCNC(=NCCCNS(=O)(=O)CC)NC(C)CCCC(C)C.I. The molecule has 0 aromatic carbocycles. The van der Waals surface area contributed by atoms with Crippen LogP contribution in [0.2, 0.25) is 0 Å². The van der Waals surface area contributed by atoms with Crippen molar-refractivity contribution < 1.29 is 8.42 Å². The molecule has 0 heterocycles. The Labute approximate surface area is 166 Å². The molecule has 0 aliphatic carbocycles. The first-order chi connectivity index (χ1) is 10.8. The molecule has 0 aliphatic rings. The molecule has 146 valence electrons. The fourth-order valence-corrected chi connectivity index (χ4v) is 2.72. The topological polar surface area (TPSA) is 82.6 Å². The number of hydrogen-bond acceptors (Lipinski definition) is 3. The molecule has 0 aliphatic heterocycles. The van der Waals surface area contributed by atoms with Crippen LogP contribution >= 0.6 is 24.0 Å². The van der Waals surface area contributed by atoms with Crippen LogP contribution in [0.25, 0.3) is 0 Å². The molecule has 0 saturated carbocycles. The zero-order valence-corrected chi connectivity index (χ0v) is 19.0. The zero-order chi connectivity index (χ0) is 17.7. The van der Waals surface area contributed by atoms with Gasteiger partial charge in [0.25, 0.3) is 0 Å². The average molecular weight is 476 g/mol. The van der Waals surface area contributed by atoms with Crippen LogP contribution < -0.4 is 15.4 Å². The minimum atomic E-state index is -3.10. The van der Waals surface area contributed by atoms with Gasteiger partial charge in [-0.05, 0) is 39.5 Å². The first-order valence-corrected chi connectivity index (χ1v) is 10.5. The summed E-state index contributed by atoms with van der Waals surface area (Å²) in [5.74, 6) is 1.67. The second-order valence-corrected chi connectivity index (χ2v) is 8.38. The van der Waals surface area contributed by atoms with Gasteiger partial charge in [0.05, 0.1) is 5.75 Å². The maximum absolute atomic E-state index is 11.3. The van der Waals surface area contributed by atoms with Crippen molar-refractivity contribution >= 4 is 40.0 Å². The predicted octanol–water partition coefficient (Wildman–Crippen LogP) is 2.70. The lowest BCUT2D eigenvalue weighted by Gasteiger charge is -2.18. The van der Waals surface area contributed by atoms with Gasteiger partial charge in [0.1, 0.15) is 0 Å². The Kier molecular flexibility index (Phi) is 16.5. The maximum Gasteiger partial charge on any atom is 0.211 e. The fraction of sp³-hybridized carbons (Fsp3) is 0.938. The molecule has 1 unspecified atom stereocenters. The second kappa shape index (κ2) is 15.2. The maximum atomic E-state index is 11.3. The van der Waals surface area contributed by atoms with Crippen molar-refractivity contribution in [3.8, 4) is 0 Å². The van der Waals surface area contributed by atoms with E-state index >= 15 is 0 Å². The van der Waals surface area contributed by atoms with Crippen molar-refractivity contribution in [2.45, 2.75) is 66.3 Å². The van der Waals surface area contributed by atoms with E-state index in [9.17, 15) is 8.42 Å². The first-order valence-electron chi connectivity index (χ1n) is 8.82. The van der Waals surface area contributed by atoms with Gasteiger partial charge in [0.2, 0.25) is 10.0 Å². The van der Waals surface area contributed by atoms with Gasteiger partial charge in [-0.2, -0.15) is 0 Å². The van der Waals surface area contributed by atoms with Gasteiger partial charge in [-0.1, -0.05) is 26.7 Å². The van der Waals surface area contributed by atoms with Crippen LogP contribution in [0.15, 0.2) is 4.99 Å². The molecule has 3 N–H and O–H groups in total. The summed E-state index contributed by atoms with van der Waals surface area (Å²) in [5.41, 5.74) is 0. The summed E-state index contributed by atoms with van der Waals surface area (Å²) in [6, 6.07) is 0.380. The Morgan fingerprint density at radius 3 is 2.29 bits per heavy atom. The highest BCUT2D eigenvalue weighted by molar-refractivity contribution is 14.0. The highest BCUT2D eigenvalue weighted by atomic mass is 127. The number of guanidine groups is 1. The van der Waals surface area contributed by atoms with Crippen molar-refractivity contribution in [1.29, 1.82) is 0 Å². The standard InChI is InChI=1S/C16H36N4O2S.HI/c1-6-17-16(20-15(5)11-8-10-14(3)4)18-12-9-13-19-23(21,22)7-2;/h14-15,19H,6-13H2,1-5H3,(H2,17,18,20);1H. The van der Waals surface area contributed by atoms with E-state index in [1.54, 1.807) is 6.92 Å². The number of hydrogen-bond donors (Lipinski definition) is 3. The summed E-state index contributed by atoms with van der Waals surface area (Å²) in [5, 5.41) is 6.64. The van der Waals surface area contributed by atoms with Crippen molar-refractivity contribution in [3.63, 3.8) is 0 Å². The average Bonchev–Trinajstić information content (AvgIpc) is 2.46. The lowest BCUT2D eigenvalue weighted by molar-refractivity contribution is 0.491. The minimum Gasteiger partial charge on any atom is -0.357 e. The summed E-state index contributed by atoms with van der Waals surface area (Å²) in [7, 11) is -3.10. The van der Waals surface area contributed by atoms with Gasteiger partial charge in [-0.3, -0.25) is 4.99 Å². The molecule has 24 heavy (non-hydrogen) atoms. The van der Waals surface area contributed by atoms with Crippen LogP contribution in [-0.4, -0.2) is 45.8 Å². The third-order valence-corrected chi connectivity index (χ3v) is 4.86. The molecule has 0 amide bonds. The lowest BCUT2D eigenvalue weighted by atomic mass is 10.0. The molecule has 0 radical (unpaired) electrons. The van der Waals surface area contributed by atoms with Crippen LogP contribution in [0.1, 0.15) is 60.3 Å². The zero-order valence-electron chi connectivity index (χ0n) is 15.9. The summed E-state index contributed by atoms with van der Waals surface area (Å²) in [6.07, 6.45) is 4.28. The van der Waals surface area contributed by atoms with E-state index in [-0.39, 0.29) is 29.7 Å². The molecule has 0 aromatic heterocycles. The molecule has 0 spiro atoms. The van der Waals surface area contributed by atoms with Gasteiger partial charge in [-0.25, -0.2) is 13.1 Å². The second-order valence-electron chi connectivity index (χ2n) is 6.28. The predicted molar refractivity (Wildman–Crippen MR) is 115 cm³/mol. The van der Waals surface area contributed by atoms with E-state index in [4.69, 9.17) is 0 Å². The smallest absolute Gasteiger partial charge is 0.211 e. The van der Waals surface area contributed by atoms with Crippen molar-refractivity contribution in [1.82, 2.24) is 15.4 Å². The van der Waals surface area contributed by atoms with Crippen molar-refractivity contribution in [2.75, 3.05) is 25.4 Å². The van der Waals surface area contributed by atoms with E-state index in [1.165, 1.54) is 12.8 Å². The number of nitrogens with zero attached hydrogens (tertiary/aromatic N) is 1. The number of nitrogens with one attached hydrogen (secondary N) is 3. The van der Waals surface area contributed by atoms with E-state index in [1.807, 2.05) is 6.92 Å². The fourth-order valence-electron chi connectivity index (χ4n) is 2.06. The summed E-state index contributed by atoms with van der Waals surface area (Å²) >= 11 is 0. The Bertz CT molecular complexity index is 428. The van der Waals surface area contributed by atoms with E-state index in [0.29, 0.717) is 25.6 Å². The number of sulfonamides is 1. The van der Waals surface area contributed by atoms with E-state index < -0.39 is 10.0 Å².